The molecule has 0 radical (unpaired) electrons. The predicted octanol–water partition coefficient (Wildman–Crippen LogP) is 5.87. The molecule has 0 spiro atoms. The van der Waals surface area contributed by atoms with Crippen molar-refractivity contribution in [1.82, 2.24) is 0 Å². The van der Waals surface area contributed by atoms with Crippen LogP contribution in [0.1, 0.15) is 53.4 Å². The Morgan fingerprint density at radius 1 is 0.882 bits per heavy atom. The normalized spacial score (nSPS) is 13.5. The van der Waals surface area contributed by atoms with Gasteiger partial charge in [-0.05, 0) is 59.5 Å². The molecule has 0 aromatic rings. The van der Waals surface area contributed by atoms with Gasteiger partial charge in [-0.1, -0.05) is 43.2 Å². The maximum atomic E-state index is 2.80. The van der Waals surface area contributed by atoms with Crippen LogP contribution in [0.15, 0.2) is 34.9 Å². The predicted molar refractivity (Wildman–Crippen MR) is 88.3 cm³/mol. The highest BCUT2D eigenvalue weighted by Crippen LogP contribution is 2.20. The van der Waals surface area contributed by atoms with Crippen molar-refractivity contribution in [3.63, 3.8) is 0 Å². The molecule has 0 aromatic heterocycles. The van der Waals surface area contributed by atoms with Crippen LogP contribution in [-0.2, 0) is 0 Å². The molecular formula is C15H28P2. The van der Waals surface area contributed by atoms with Crippen LogP contribution in [0.5, 0.6) is 0 Å². The minimum atomic E-state index is 0.967. The van der Waals surface area contributed by atoms with Gasteiger partial charge < -0.3 is 0 Å². The van der Waals surface area contributed by atoms with Crippen molar-refractivity contribution in [3.05, 3.63) is 34.9 Å². The second kappa shape index (κ2) is 11.2. The van der Waals surface area contributed by atoms with Gasteiger partial charge in [0.25, 0.3) is 0 Å². The summed E-state index contributed by atoms with van der Waals surface area (Å²) in [5.41, 5.74) is 4.49. The van der Waals surface area contributed by atoms with Crippen LogP contribution < -0.4 is 0 Å². The van der Waals surface area contributed by atoms with E-state index in [2.05, 4.69) is 54.9 Å². The summed E-state index contributed by atoms with van der Waals surface area (Å²) < 4.78 is 0. The van der Waals surface area contributed by atoms with E-state index >= 15 is 0 Å². The molecule has 0 bridgehead atoms. The summed E-state index contributed by atoms with van der Waals surface area (Å²) in [5, 5.41) is 0. The van der Waals surface area contributed by atoms with E-state index in [0.717, 1.165) is 8.27 Å². The van der Waals surface area contributed by atoms with Crippen LogP contribution in [0.25, 0.3) is 0 Å². The van der Waals surface area contributed by atoms with E-state index < -0.39 is 0 Å². The standard InChI is InChI=1S/C15H28P2/c1-13(2)7-5-8-14(3)9-6-10-15(4)11-12-17-16/h7,9,11,17H,5-6,8,10,12,16H2,1-4H3/b14-9+,15-11+. The Hall–Kier alpha value is 0.0800. The van der Waals surface area contributed by atoms with Gasteiger partial charge in [0.15, 0.2) is 0 Å². The van der Waals surface area contributed by atoms with E-state index in [4.69, 9.17) is 0 Å². The topological polar surface area (TPSA) is 0 Å². The zero-order chi connectivity index (χ0) is 13.1. The lowest BCUT2D eigenvalue weighted by atomic mass is 10.1. The van der Waals surface area contributed by atoms with Crippen molar-refractivity contribution >= 4 is 17.2 Å². The fourth-order valence-corrected chi connectivity index (χ4v) is 2.39. The van der Waals surface area contributed by atoms with Gasteiger partial charge in [-0.25, -0.2) is 0 Å². The first-order valence-corrected chi connectivity index (χ1v) is 9.46. The maximum Gasteiger partial charge on any atom is -0.0135 e. The highest BCUT2D eigenvalue weighted by atomic mass is 32.0. The fraction of sp³-hybridized carbons (Fsp3) is 0.600. The second-order valence-corrected chi connectivity index (χ2v) is 6.91. The lowest BCUT2D eigenvalue weighted by molar-refractivity contribution is 0.917. The van der Waals surface area contributed by atoms with Crippen molar-refractivity contribution < 1.29 is 0 Å². The van der Waals surface area contributed by atoms with E-state index in [1.54, 1.807) is 0 Å². The molecule has 0 aromatic carbocycles. The molecule has 0 aliphatic heterocycles. The van der Waals surface area contributed by atoms with Gasteiger partial charge in [0, 0.05) is 0 Å². The average molecular weight is 270 g/mol. The highest BCUT2D eigenvalue weighted by molar-refractivity contribution is 8.02. The molecule has 98 valence electrons. The van der Waals surface area contributed by atoms with E-state index in [9.17, 15) is 0 Å². The van der Waals surface area contributed by atoms with E-state index in [-0.39, 0.29) is 0 Å². The van der Waals surface area contributed by atoms with Crippen molar-refractivity contribution in [2.24, 2.45) is 0 Å². The lowest BCUT2D eigenvalue weighted by Crippen LogP contribution is -1.81. The molecule has 0 aliphatic rings. The minimum Gasteiger partial charge on any atom is -0.114 e. The van der Waals surface area contributed by atoms with Gasteiger partial charge in [-0.15, -0.1) is 8.93 Å². The Balaban J connectivity index is 3.80. The highest BCUT2D eigenvalue weighted by Gasteiger charge is 1.91. The van der Waals surface area contributed by atoms with E-state index in [0.29, 0.717) is 0 Å². The van der Waals surface area contributed by atoms with Crippen LogP contribution in [0.4, 0.5) is 0 Å². The number of allylic oxidation sites excluding steroid dienone is 6. The van der Waals surface area contributed by atoms with Crippen molar-refractivity contribution in [2.75, 3.05) is 6.16 Å². The summed E-state index contributed by atoms with van der Waals surface area (Å²) in [6.45, 7) is 8.83. The van der Waals surface area contributed by atoms with E-state index in [1.165, 1.54) is 48.6 Å². The summed E-state index contributed by atoms with van der Waals surface area (Å²) in [6.07, 6.45) is 13.1. The molecule has 0 amide bonds. The quantitative estimate of drug-likeness (QED) is 0.382. The Morgan fingerprint density at radius 2 is 1.41 bits per heavy atom. The van der Waals surface area contributed by atoms with Gasteiger partial charge >= 0.3 is 0 Å². The lowest BCUT2D eigenvalue weighted by Gasteiger charge is -2.01. The molecular weight excluding hydrogens is 242 g/mol. The van der Waals surface area contributed by atoms with Crippen LogP contribution in [0, 0.1) is 0 Å². The van der Waals surface area contributed by atoms with Gasteiger partial charge in [0.2, 0.25) is 0 Å². The zero-order valence-electron chi connectivity index (χ0n) is 11.8. The molecule has 0 saturated carbocycles. The van der Waals surface area contributed by atoms with Crippen LogP contribution in [0.2, 0.25) is 0 Å². The van der Waals surface area contributed by atoms with Gasteiger partial charge in [0.05, 0.1) is 0 Å². The molecule has 0 fully saturated rings. The molecule has 0 N–H and O–H groups in total. The van der Waals surface area contributed by atoms with Gasteiger partial charge in [-0.3, -0.25) is 0 Å². The Bertz CT molecular complexity index is 281. The van der Waals surface area contributed by atoms with Gasteiger partial charge in [0.1, 0.15) is 0 Å². The first-order valence-electron chi connectivity index (χ1n) is 6.44. The van der Waals surface area contributed by atoms with Crippen molar-refractivity contribution in [2.45, 2.75) is 53.4 Å². The molecule has 0 rings (SSSR count). The largest absolute Gasteiger partial charge is 0.114 e. The number of rotatable bonds is 8. The number of hydrogen-bond donors (Lipinski definition) is 0. The monoisotopic (exact) mass is 270 g/mol. The third kappa shape index (κ3) is 12.3. The maximum absolute atomic E-state index is 2.80. The second-order valence-electron chi connectivity index (χ2n) is 4.87. The van der Waals surface area contributed by atoms with Crippen LogP contribution >= 0.6 is 17.2 Å². The summed E-state index contributed by atoms with van der Waals surface area (Å²) in [5.74, 6) is 0. The summed E-state index contributed by atoms with van der Waals surface area (Å²) in [7, 11) is 3.77. The van der Waals surface area contributed by atoms with Gasteiger partial charge in [-0.2, -0.15) is 0 Å². The Kier molecular flexibility index (Phi) is 11.2. The van der Waals surface area contributed by atoms with Crippen molar-refractivity contribution in [1.29, 1.82) is 0 Å². The molecule has 2 heteroatoms. The molecule has 0 nitrogen and oxygen atoms in total. The molecule has 2 unspecified atom stereocenters. The smallest absolute Gasteiger partial charge is 0.0135 e. The first kappa shape index (κ1) is 17.1. The summed E-state index contributed by atoms with van der Waals surface area (Å²) in [6, 6.07) is 0. The molecule has 0 aliphatic carbocycles. The number of hydrogen-bond acceptors (Lipinski definition) is 0. The summed E-state index contributed by atoms with van der Waals surface area (Å²) >= 11 is 0. The summed E-state index contributed by atoms with van der Waals surface area (Å²) in [4.78, 5) is 0. The molecule has 0 heterocycles. The SMILES string of the molecule is CC(C)=CCC/C(C)=C/CC/C(C)=C/CPP. The Labute approximate surface area is 112 Å². The van der Waals surface area contributed by atoms with Crippen LogP contribution in [0.3, 0.4) is 0 Å². The van der Waals surface area contributed by atoms with E-state index in [1.807, 2.05) is 0 Å². The molecule has 0 saturated heterocycles. The third-order valence-electron chi connectivity index (χ3n) is 2.69. The average Bonchev–Trinajstić information content (AvgIpc) is 2.25. The fourth-order valence-electron chi connectivity index (χ4n) is 1.57. The molecule has 17 heavy (non-hydrogen) atoms. The molecule has 2 atom stereocenters. The van der Waals surface area contributed by atoms with Crippen LogP contribution in [-0.4, -0.2) is 6.16 Å². The first-order chi connectivity index (χ1) is 8.06. The minimum absolute atomic E-state index is 0.967. The van der Waals surface area contributed by atoms with Crippen molar-refractivity contribution in [3.8, 4) is 0 Å². The third-order valence-corrected chi connectivity index (χ3v) is 3.84. The zero-order valence-corrected chi connectivity index (χ0v) is 14.0. The Morgan fingerprint density at radius 3 is 1.94 bits per heavy atom.